The molecule has 0 aliphatic heterocycles. The highest BCUT2D eigenvalue weighted by atomic mass is 19.2. The Labute approximate surface area is 107 Å². The van der Waals surface area contributed by atoms with Gasteiger partial charge in [-0.2, -0.15) is 0 Å². The van der Waals surface area contributed by atoms with Crippen molar-refractivity contribution in [2.24, 2.45) is 10.7 Å². The van der Waals surface area contributed by atoms with Gasteiger partial charge in [-0.1, -0.05) is 12.2 Å². The first-order valence-corrected chi connectivity index (χ1v) is 5.33. The lowest BCUT2D eigenvalue weighted by Gasteiger charge is -2.07. The molecule has 0 unspecified atom stereocenters. The number of halogens is 4. The summed E-state index contributed by atoms with van der Waals surface area (Å²) in [7, 11) is 0. The van der Waals surface area contributed by atoms with Gasteiger partial charge in [0.15, 0.2) is 23.4 Å². The third kappa shape index (κ3) is 3.97. The third-order valence-electron chi connectivity index (χ3n) is 2.19. The summed E-state index contributed by atoms with van der Waals surface area (Å²) >= 11 is 0. The molecule has 1 aromatic carbocycles. The molecule has 0 saturated heterocycles. The molecule has 0 spiro atoms. The minimum absolute atomic E-state index is 0.0773. The van der Waals surface area contributed by atoms with Gasteiger partial charge in [0.25, 0.3) is 0 Å². The van der Waals surface area contributed by atoms with E-state index in [1.807, 2.05) is 0 Å². The second-order valence-electron chi connectivity index (χ2n) is 3.96. The van der Waals surface area contributed by atoms with Gasteiger partial charge in [0.2, 0.25) is 0 Å². The first-order chi connectivity index (χ1) is 8.82. The molecule has 0 amide bonds. The molecule has 0 radical (unpaired) electrons. The lowest BCUT2D eigenvalue weighted by molar-refractivity contribution is 0.425. The van der Waals surface area contributed by atoms with Crippen LogP contribution in [0.15, 0.2) is 23.2 Å². The number of nitrogens with zero attached hydrogens (tertiary/aromatic N) is 1. The highest BCUT2D eigenvalue weighted by Crippen LogP contribution is 2.19. The lowest BCUT2D eigenvalue weighted by atomic mass is 10.2. The molecular weight excluding hydrogens is 262 g/mol. The van der Waals surface area contributed by atoms with Crippen molar-refractivity contribution in [2.45, 2.75) is 13.5 Å². The fourth-order valence-electron chi connectivity index (χ4n) is 1.21. The summed E-state index contributed by atoms with van der Waals surface area (Å²) in [6.45, 7) is 5.16. The lowest BCUT2D eigenvalue weighted by Crippen LogP contribution is -2.32. The van der Waals surface area contributed by atoms with Crippen LogP contribution in [0, 0.1) is 23.3 Å². The van der Waals surface area contributed by atoms with Crippen molar-refractivity contribution >= 4 is 5.96 Å². The number of aliphatic imine (C=N–C) groups is 1. The molecule has 0 aliphatic carbocycles. The average Bonchev–Trinajstić information content (AvgIpc) is 2.33. The Kier molecular flexibility index (Phi) is 4.91. The van der Waals surface area contributed by atoms with Crippen LogP contribution in [0.25, 0.3) is 0 Å². The Balaban J connectivity index is 2.86. The number of benzene rings is 1. The van der Waals surface area contributed by atoms with E-state index in [-0.39, 0.29) is 12.0 Å². The van der Waals surface area contributed by atoms with Crippen LogP contribution in [0.5, 0.6) is 0 Å². The zero-order valence-electron chi connectivity index (χ0n) is 10.2. The molecule has 0 aromatic heterocycles. The average molecular weight is 275 g/mol. The van der Waals surface area contributed by atoms with Crippen molar-refractivity contribution in [1.29, 1.82) is 0 Å². The maximum atomic E-state index is 13.3. The van der Waals surface area contributed by atoms with Crippen molar-refractivity contribution in [1.82, 2.24) is 5.32 Å². The topological polar surface area (TPSA) is 50.4 Å². The molecule has 0 fully saturated rings. The fourth-order valence-corrected chi connectivity index (χ4v) is 1.21. The summed E-state index contributed by atoms with van der Waals surface area (Å²) in [5.74, 6) is -6.22. The molecule has 3 nitrogen and oxygen atoms in total. The van der Waals surface area contributed by atoms with Crippen molar-refractivity contribution in [3.63, 3.8) is 0 Å². The van der Waals surface area contributed by atoms with E-state index in [1.165, 1.54) is 0 Å². The van der Waals surface area contributed by atoms with Crippen LogP contribution < -0.4 is 11.1 Å². The molecular formula is C12H13F4N3. The second kappa shape index (κ2) is 6.21. The zero-order chi connectivity index (χ0) is 14.6. The van der Waals surface area contributed by atoms with Crippen LogP contribution in [0.1, 0.15) is 12.5 Å². The maximum absolute atomic E-state index is 13.3. The van der Waals surface area contributed by atoms with E-state index in [2.05, 4.69) is 16.9 Å². The van der Waals surface area contributed by atoms with E-state index < -0.39 is 35.4 Å². The van der Waals surface area contributed by atoms with Gasteiger partial charge in [0, 0.05) is 18.2 Å². The number of hydrogen-bond donors (Lipinski definition) is 2. The molecule has 1 rings (SSSR count). The van der Waals surface area contributed by atoms with E-state index in [1.54, 1.807) is 6.92 Å². The number of nitrogens with two attached hydrogens (primary N) is 1. The van der Waals surface area contributed by atoms with Gasteiger partial charge in [-0.15, -0.1) is 0 Å². The predicted molar refractivity (Wildman–Crippen MR) is 64.4 cm³/mol. The van der Waals surface area contributed by atoms with E-state index in [9.17, 15) is 17.6 Å². The van der Waals surface area contributed by atoms with Crippen LogP contribution in [-0.4, -0.2) is 12.5 Å². The smallest absolute Gasteiger partial charge is 0.194 e. The molecule has 104 valence electrons. The Bertz CT molecular complexity index is 526. The van der Waals surface area contributed by atoms with E-state index >= 15 is 0 Å². The molecule has 0 bridgehead atoms. The maximum Gasteiger partial charge on any atom is 0.194 e. The van der Waals surface area contributed by atoms with Gasteiger partial charge in [-0.05, 0) is 6.92 Å². The normalized spacial score (nSPS) is 11.5. The predicted octanol–water partition coefficient (Wildman–Crippen LogP) is 2.22. The van der Waals surface area contributed by atoms with Crippen LogP contribution in [0.4, 0.5) is 17.6 Å². The van der Waals surface area contributed by atoms with Gasteiger partial charge in [-0.3, -0.25) is 0 Å². The zero-order valence-corrected chi connectivity index (χ0v) is 10.2. The van der Waals surface area contributed by atoms with Crippen molar-refractivity contribution in [2.75, 3.05) is 6.54 Å². The molecule has 0 aliphatic rings. The molecule has 1 aromatic rings. The van der Waals surface area contributed by atoms with Crippen molar-refractivity contribution < 1.29 is 17.6 Å². The molecule has 0 heterocycles. The Morgan fingerprint density at radius 2 is 1.89 bits per heavy atom. The number of rotatable bonds is 4. The minimum Gasteiger partial charge on any atom is -0.370 e. The first kappa shape index (κ1) is 15.0. The highest BCUT2D eigenvalue weighted by molar-refractivity contribution is 5.78. The van der Waals surface area contributed by atoms with E-state index in [4.69, 9.17) is 5.73 Å². The Morgan fingerprint density at radius 3 is 2.47 bits per heavy atom. The van der Waals surface area contributed by atoms with Gasteiger partial charge < -0.3 is 11.1 Å². The van der Waals surface area contributed by atoms with Crippen LogP contribution in [0.2, 0.25) is 0 Å². The van der Waals surface area contributed by atoms with Crippen LogP contribution >= 0.6 is 0 Å². The Hall–Kier alpha value is -2.05. The van der Waals surface area contributed by atoms with Crippen LogP contribution in [0.3, 0.4) is 0 Å². The summed E-state index contributed by atoms with van der Waals surface area (Å²) in [5.41, 5.74) is 5.52. The van der Waals surface area contributed by atoms with Gasteiger partial charge >= 0.3 is 0 Å². The number of nitrogens with one attached hydrogen (secondary N) is 1. The monoisotopic (exact) mass is 275 g/mol. The molecule has 0 atom stereocenters. The van der Waals surface area contributed by atoms with E-state index in [0.717, 1.165) is 5.57 Å². The van der Waals surface area contributed by atoms with Gasteiger partial charge in [0.05, 0.1) is 6.54 Å². The standard InChI is InChI=1S/C12H13F4N3/c1-6(2)4-18-12(17)19-5-7-8(13)3-9(14)11(16)10(7)15/h3H,1,4-5H2,2H3,(H3,17,18,19). The summed E-state index contributed by atoms with van der Waals surface area (Å²) < 4.78 is 52.2. The second-order valence-corrected chi connectivity index (χ2v) is 3.96. The first-order valence-electron chi connectivity index (χ1n) is 5.33. The van der Waals surface area contributed by atoms with E-state index in [0.29, 0.717) is 6.54 Å². The van der Waals surface area contributed by atoms with Gasteiger partial charge in [0.1, 0.15) is 5.82 Å². The van der Waals surface area contributed by atoms with Crippen molar-refractivity contribution in [3.8, 4) is 0 Å². The Morgan fingerprint density at radius 1 is 1.26 bits per heavy atom. The summed E-state index contributed by atoms with van der Waals surface area (Å²) in [6, 6.07) is 0.265. The minimum atomic E-state index is -1.74. The third-order valence-corrected chi connectivity index (χ3v) is 2.19. The SMILES string of the molecule is C=C(C)CNC(N)=NCc1c(F)cc(F)c(F)c1F. The molecule has 3 N–H and O–H groups in total. The number of guanidine groups is 1. The largest absolute Gasteiger partial charge is 0.370 e. The summed E-state index contributed by atoms with van der Waals surface area (Å²) in [4.78, 5) is 3.63. The molecule has 19 heavy (non-hydrogen) atoms. The van der Waals surface area contributed by atoms with Crippen molar-refractivity contribution in [3.05, 3.63) is 47.1 Å². The van der Waals surface area contributed by atoms with Crippen LogP contribution in [-0.2, 0) is 6.54 Å². The molecule has 7 heteroatoms. The molecule has 0 saturated carbocycles. The van der Waals surface area contributed by atoms with Gasteiger partial charge in [-0.25, -0.2) is 22.6 Å². The summed E-state index contributed by atoms with van der Waals surface area (Å²) in [6.07, 6.45) is 0. The summed E-state index contributed by atoms with van der Waals surface area (Å²) in [5, 5.41) is 2.63. The quantitative estimate of drug-likeness (QED) is 0.221. The highest BCUT2D eigenvalue weighted by Gasteiger charge is 2.18. The number of hydrogen-bond acceptors (Lipinski definition) is 1. The fraction of sp³-hybridized carbons (Fsp3) is 0.250.